The van der Waals surface area contributed by atoms with E-state index in [1.165, 1.54) is 17.7 Å². The summed E-state index contributed by atoms with van der Waals surface area (Å²) in [4.78, 5) is 2.41. The normalized spacial score (nSPS) is 10.9. The van der Waals surface area contributed by atoms with Crippen LogP contribution in [0.1, 0.15) is 25.8 Å². The Balaban J connectivity index is 2.28. The minimum atomic E-state index is -0.150. The van der Waals surface area contributed by atoms with Crippen LogP contribution in [0.15, 0.2) is 24.3 Å². The van der Waals surface area contributed by atoms with Crippen molar-refractivity contribution in [2.45, 2.75) is 26.7 Å². The number of rotatable bonds is 6. The molecule has 0 aliphatic heterocycles. The van der Waals surface area contributed by atoms with E-state index in [9.17, 15) is 4.39 Å². The van der Waals surface area contributed by atoms with Gasteiger partial charge in [-0.25, -0.2) is 4.39 Å². The lowest BCUT2D eigenvalue weighted by Gasteiger charge is -2.17. The fourth-order valence-corrected chi connectivity index (χ4v) is 1.70. The molecule has 1 aromatic rings. The van der Waals surface area contributed by atoms with E-state index in [0.717, 1.165) is 32.5 Å². The first-order valence-electron chi connectivity index (χ1n) is 5.73. The molecular formula is C13H20FN. The van der Waals surface area contributed by atoms with Crippen molar-refractivity contribution in [1.82, 2.24) is 4.90 Å². The van der Waals surface area contributed by atoms with E-state index < -0.39 is 0 Å². The zero-order chi connectivity index (χ0) is 11.1. The maximum atomic E-state index is 12.6. The third-order valence-electron chi connectivity index (χ3n) is 2.75. The van der Waals surface area contributed by atoms with E-state index in [-0.39, 0.29) is 5.82 Å². The second-order valence-electron chi connectivity index (χ2n) is 3.76. The molecule has 15 heavy (non-hydrogen) atoms. The summed E-state index contributed by atoms with van der Waals surface area (Å²) in [5.74, 6) is -0.150. The van der Waals surface area contributed by atoms with Gasteiger partial charge < -0.3 is 4.90 Å². The molecule has 0 atom stereocenters. The molecular weight excluding hydrogens is 189 g/mol. The number of halogens is 1. The summed E-state index contributed by atoms with van der Waals surface area (Å²) >= 11 is 0. The van der Waals surface area contributed by atoms with Crippen LogP contribution in [0.4, 0.5) is 4.39 Å². The molecule has 0 spiro atoms. The molecule has 0 aromatic heterocycles. The van der Waals surface area contributed by atoms with Crippen molar-refractivity contribution in [1.29, 1.82) is 0 Å². The van der Waals surface area contributed by atoms with Gasteiger partial charge in [0, 0.05) is 0 Å². The van der Waals surface area contributed by atoms with Gasteiger partial charge in [-0.2, -0.15) is 0 Å². The van der Waals surface area contributed by atoms with Gasteiger partial charge in [0.25, 0.3) is 0 Å². The first-order chi connectivity index (χ1) is 7.26. The first kappa shape index (κ1) is 12.2. The van der Waals surface area contributed by atoms with Crippen LogP contribution in [-0.2, 0) is 6.42 Å². The van der Waals surface area contributed by atoms with Gasteiger partial charge >= 0.3 is 0 Å². The number of nitrogens with zero attached hydrogens (tertiary/aromatic N) is 1. The Morgan fingerprint density at radius 1 is 1.07 bits per heavy atom. The molecule has 0 N–H and O–H groups in total. The molecule has 1 rings (SSSR count). The van der Waals surface area contributed by atoms with Gasteiger partial charge in [0.15, 0.2) is 0 Å². The molecule has 0 aliphatic rings. The monoisotopic (exact) mass is 209 g/mol. The number of aryl methyl sites for hydroxylation is 1. The van der Waals surface area contributed by atoms with Crippen molar-refractivity contribution in [2.24, 2.45) is 0 Å². The average molecular weight is 209 g/mol. The highest BCUT2D eigenvalue weighted by molar-refractivity contribution is 5.15. The third-order valence-corrected chi connectivity index (χ3v) is 2.75. The standard InChI is InChI=1S/C13H20FN/c1-3-15(4-2)11-5-6-12-7-9-13(14)10-8-12/h7-10H,3-6,11H2,1-2H3. The van der Waals surface area contributed by atoms with E-state index in [1.54, 1.807) is 0 Å². The largest absolute Gasteiger partial charge is 0.304 e. The second kappa shape index (κ2) is 6.57. The second-order valence-corrected chi connectivity index (χ2v) is 3.76. The quantitative estimate of drug-likeness (QED) is 0.696. The lowest BCUT2D eigenvalue weighted by molar-refractivity contribution is 0.300. The summed E-state index contributed by atoms with van der Waals surface area (Å²) in [5, 5.41) is 0. The molecule has 1 aromatic carbocycles. The van der Waals surface area contributed by atoms with Crippen LogP contribution in [0.5, 0.6) is 0 Å². The van der Waals surface area contributed by atoms with Crippen LogP contribution in [0.2, 0.25) is 0 Å². The summed E-state index contributed by atoms with van der Waals surface area (Å²) in [6, 6.07) is 6.81. The summed E-state index contributed by atoms with van der Waals surface area (Å²) in [7, 11) is 0. The maximum Gasteiger partial charge on any atom is 0.123 e. The van der Waals surface area contributed by atoms with Crippen LogP contribution < -0.4 is 0 Å². The third kappa shape index (κ3) is 4.43. The molecule has 0 unspecified atom stereocenters. The molecule has 0 saturated carbocycles. The van der Waals surface area contributed by atoms with Crippen LogP contribution >= 0.6 is 0 Å². The van der Waals surface area contributed by atoms with Gasteiger partial charge in [-0.15, -0.1) is 0 Å². The Morgan fingerprint density at radius 2 is 1.67 bits per heavy atom. The summed E-state index contributed by atoms with van der Waals surface area (Å²) in [6.07, 6.45) is 2.18. The van der Waals surface area contributed by atoms with Gasteiger partial charge in [-0.3, -0.25) is 0 Å². The topological polar surface area (TPSA) is 3.24 Å². The SMILES string of the molecule is CCN(CC)CCCc1ccc(F)cc1. The van der Waals surface area contributed by atoms with Crippen LogP contribution in [-0.4, -0.2) is 24.5 Å². The van der Waals surface area contributed by atoms with E-state index in [2.05, 4.69) is 18.7 Å². The minimum Gasteiger partial charge on any atom is -0.304 e. The van der Waals surface area contributed by atoms with Crippen molar-refractivity contribution in [2.75, 3.05) is 19.6 Å². The Bertz CT molecular complexity index is 264. The van der Waals surface area contributed by atoms with Gasteiger partial charge in [0.1, 0.15) is 5.82 Å². The zero-order valence-corrected chi connectivity index (χ0v) is 9.67. The molecule has 0 amide bonds. The van der Waals surface area contributed by atoms with Gasteiger partial charge in [-0.05, 0) is 50.2 Å². The fraction of sp³-hybridized carbons (Fsp3) is 0.538. The predicted molar refractivity (Wildman–Crippen MR) is 62.5 cm³/mol. The van der Waals surface area contributed by atoms with Crippen molar-refractivity contribution in [3.8, 4) is 0 Å². The van der Waals surface area contributed by atoms with E-state index in [0.29, 0.717) is 0 Å². The highest BCUT2D eigenvalue weighted by Gasteiger charge is 1.99. The van der Waals surface area contributed by atoms with Crippen LogP contribution in [0.25, 0.3) is 0 Å². The Labute approximate surface area is 91.9 Å². The molecule has 0 aliphatic carbocycles. The van der Waals surface area contributed by atoms with Gasteiger partial charge in [-0.1, -0.05) is 26.0 Å². The molecule has 0 saturated heterocycles. The Kier molecular flexibility index (Phi) is 5.33. The highest BCUT2D eigenvalue weighted by Crippen LogP contribution is 2.06. The van der Waals surface area contributed by atoms with E-state index in [4.69, 9.17) is 0 Å². The van der Waals surface area contributed by atoms with Crippen molar-refractivity contribution >= 4 is 0 Å². The summed E-state index contributed by atoms with van der Waals surface area (Å²) in [5.41, 5.74) is 1.23. The van der Waals surface area contributed by atoms with E-state index in [1.807, 2.05) is 12.1 Å². The van der Waals surface area contributed by atoms with Gasteiger partial charge in [0.2, 0.25) is 0 Å². The number of hydrogen-bond donors (Lipinski definition) is 0. The lowest BCUT2D eigenvalue weighted by atomic mass is 10.1. The predicted octanol–water partition coefficient (Wildman–Crippen LogP) is 3.10. The maximum absolute atomic E-state index is 12.6. The lowest BCUT2D eigenvalue weighted by Crippen LogP contribution is -2.24. The van der Waals surface area contributed by atoms with Gasteiger partial charge in [0.05, 0.1) is 0 Å². The average Bonchev–Trinajstić information content (AvgIpc) is 2.27. The van der Waals surface area contributed by atoms with Crippen LogP contribution in [0.3, 0.4) is 0 Å². The number of benzene rings is 1. The molecule has 2 heteroatoms. The van der Waals surface area contributed by atoms with E-state index >= 15 is 0 Å². The number of hydrogen-bond acceptors (Lipinski definition) is 1. The van der Waals surface area contributed by atoms with Crippen molar-refractivity contribution in [3.05, 3.63) is 35.6 Å². The molecule has 84 valence electrons. The fourth-order valence-electron chi connectivity index (χ4n) is 1.70. The molecule has 0 fully saturated rings. The zero-order valence-electron chi connectivity index (χ0n) is 9.67. The Hall–Kier alpha value is -0.890. The molecule has 0 radical (unpaired) electrons. The summed E-state index contributed by atoms with van der Waals surface area (Å²) in [6.45, 7) is 7.72. The molecule has 0 heterocycles. The summed E-state index contributed by atoms with van der Waals surface area (Å²) < 4.78 is 12.6. The Morgan fingerprint density at radius 3 is 2.20 bits per heavy atom. The highest BCUT2D eigenvalue weighted by atomic mass is 19.1. The molecule has 1 nitrogen and oxygen atoms in total. The van der Waals surface area contributed by atoms with Crippen molar-refractivity contribution in [3.63, 3.8) is 0 Å². The van der Waals surface area contributed by atoms with Crippen LogP contribution in [0, 0.1) is 5.82 Å². The smallest absolute Gasteiger partial charge is 0.123 e. The molecule has 0 bridgehead atoms. The minimum absolute atomic E-state index is 0.150. The van der Waals surface area contributed by atoms with Crippen molar-refractivity contribution < 1.29 is 4.39 Å². The first-order valence-corrected chi connectivity index (χ1v) is 5.73.